The highest BCUT2D eigenvalue weighted by Gasteiger charge is 2.31. The molecule has 0 bridgehead atoms. The number of carbonyl (C=O) groups excluding carboxylic acids is 1. The van der Waals surface area contributed by atoms with E-state index in [4.69, 9.17) is 0 Å². The van der Waals surface area contributed by atoms with E-state index >= 15 is 0 Å². The van der Waals surface area contributed by atoms with Crippen LogP contribution in [-0.4, -0.2) is 44.1 Å². The molecule has 1 fully saturated rings. The highest BCUT2D eigenvalue weighted by Crippen LogP contribution is 2.33. The number of allylic oxidation sites excluding steroid dienone is 2. The van der Waals surface area contributed by atoms with Crippen LogP contribution in [0.3, 0.4) is 0 Å². The number of nitrogens with one attached hydrogen (secondary N) is 1. The number of halogens is 3. The van der Waals surface area contributed by atoms with Gasteiger partial charge in [-0.1, -0.05) is 61.5 Å². The molecule has 2 amide bonds. The van der Waals surface area contributed by atoms with Crippen LogP contribution in [0.5, 0.6) is 5.75 Å². The zero-order valence-electron chi connectivity index (χ0n) is 26.9. The number of amides is 2. The molecule has 0 saturated carbocycles. The Labute approximate surface area is 276 Å². The van der Waals surface area contributed by atoms with Crippen molar-refractivity contribution in [3.63, 3.8) is 0 Å². The van der Waals surface area contributed by atoms with Crippen molar-refractivity contribution in [2.24, 2.45) is 4.99 Å². The maximum absolute atomic E-state index is 13.2. The van der Waals surface area contributed by atoms with Crippen molar-refractivity contribution in [1.29, 1.82) is 0 Å². The summed E-state index contributed by atoms with van der Waals surface area (Å²) in [5.74, 6) is 1.04. The Bertz CT molecular complexity index is 1780. The molecule has 1 N–H and O–H groups in total. The van der Waals surface area contributed by atoms with Crippen molar-refractivity contribution in [3.8, 4) is 22.8 Å². The molecule has 1 unspecified atom stereocenters. The van der Waals surface area contributed by atoms with Gasteiger partial charge in [-0.25, -0.2) is 14.5 Å². The van der Waals surface area contributed by atoms with Crippen LogP contribution in [0, 0.1) is 6.92 Å². The number of anilines is 1. The molecular formula is C35H37F3N6O2S. The quantitative estimate of drug-likeness (QED) is 0.203. The summed E-state index contributed by atoms with van der Waals surface area (Å²) in [6.45, 7) is 10.2. The average Bonchev–Trinajstić information content (AvgIpc) is 3.52. The highest BCUT2D eigenvalue weighted by molar-refractivity contribution is 8.14. The van der Waals surface area contributed by atoms with Gasteiger partial charge < -0.3 is 15.0 Å². The molecule has 1 saturated heterocycles. The number of aromatic nitrogens is 3. The fourth-order valence-electron chi connectivity index (χ4n) is 5.29. The molecule has 0 spiro atoms. The van der Waals surface area contributed by atoms with Crippen LogP contribution >= 0.6 is 11.8 Å². The zero-order chi connectivity index (χ0) is 33.7. The molecule has 0 aliphatic carbocycles. The van der Waals surface area contributed by atoms with E-state index in [0.29, 0.717) is 22.4 Å². The van der Waals surface area contributed by atoms with Crippen LogP contribution in [0.1, 0.15) is 57.2 Å². The molecule has 1 atom stereocenters. The monoisotopic (exact) mass is 662 g/mol. The van der Waals surface area contributed by atoms with Gasteiger partial charge in [0.05, 0.1) is 5.69 Å². The van der Waals surface area contributed by atoms with E-state index in [2.05, 4.69) is 69.0 Å². The second kappa shape index (κ2) is 14.5. The van der Waals surface area contributed by atoms with E-state index in [-0.39, 0.29) is 11.8 Å². The minimum absolute atomic E-state index is 0.219. The molecule has 3 aromatic carbocycles. The Hall–Kier alpha value is -4.58. The molecule has 1 aliphatic rings. The van der Waals surface area contributed by atoms with Gasteiger partial charge in [0.25, 0.3) is 0 Å². The maximum Gasteiger partial charge on any atom is 0.573 e. The number of hydrogen-bond acceptors (Lipinski definition) is 5. The van der Waals surface area contributed by atoms with Crippen LogP contribution in [0.2, 0.25) is 0 Å². The molecule has 12 heteroatoms. The van der Waals surface area contributed by atoms with E-state index < -0.39 is 12.4 Å². The summed E-state index contributed by atoms with van der Waals surface area (Å²) in [6.07, 6.45) is -0.272. The van der Waals surface area contributed by atoms with Gasteiger partial charge in [-0.15, -0.1) is 18.3 Å². The first kappa shape index (κ1) is 33.8. The number of thioether (sulfide) groups is 1. The summed E-state index contributed by atoms with van der Waals surface area (Å²) >= 11 is 1.60. The standard InChI is InChI=1S/C35H37F3N6O2S/c1-6-7-27-9-8-22(2)20-31(27)44-23(3)18-19-47-34(44)41-33(45)40-25(5)24(4)26-10-12-28(13-11-26)32-39-21-43(42-32)29-14-16-30(17-15-29)46-35(36,37)38/h8-17,20-21,23H,6-7,18-19H2,1-5H3,(H,40,45)/b25-24+,41-34?. The molecular weight excluding hydrogens is 625 g/mol. The predicted octanol–water partition coefficient (Wildman–Crippen LogP) is 8.94. The number of hydrogen-bond donors (Lipinski definition) is 1. The number of nitrogens with zero attached hydrogens (tertiary/aromatic N) is 5. The number of aryl methyl sites for hydroxylation is 2. The number of urea groups is 1. The Morgan fingerprint density at radius 1 is 1.09 bits per heavy atom. The number of ether oxygens (including phenoxy) is 1. The first-order valence-electron chi connectivity index (χ1n) is 15.4. The number of alkyl halides is 3. The summed E-state index contributed by atoms with van der Waals surface area (Å²) in [5.41, 5.74) is 7.32. The molecule has 2 heterocycles. The molecule has 1 aromatic heterocycles. The minimum Gasteiger partial charge on any atom is -0.406 e. The Kier molecular flexibility index (Phi) is 10.4. The van der Waals surface area contributed by atoms with Gasteiger partial charge in [-0.2, -0.15) is 4.99 Å². The third-order valence-corrected chi connectivity index (χ3v) is 8.88. The van der Waals surface area contributed by atoms with Crippen LogP contribution in [0.15, 0.2) is 83.7 Å². The Morgan fingerprint density at radius 2 is 1.81 bits per heavy atom. The summed E-state index contributed by atoms with van der Waals surface area (Å²) < 4.78 is 42.8. The van der Waals surface area contributed by atoms with E-state index in [1.165, 1.54) is 46.4 Å². The fraction of sp³-hybridized carbons (Fsp3) is 0.314. The van der Waals surface area contributed by atoms with Crippen molar-refractivity contribution < 1.29 is 22.7 Å². The lowest BCUT2D eigenvalue weighted by molar-refractivity contribution is -0.274. The second-order valence-electron chi connectivity index (χ2n) is 11.4. The van der Waals surface area contributed by atoms with E-state index in [1.54, 1.807) is 11.8 Å². The molecule has 0 radical (unpaired) electrons. The lowest BCUT2D eigenvalue weighted by Crippen LogP contribution is -2.42. The molecule has 47 heavy (non-hydrogen) atoms. The third-order valence-electron chi connectivity index (χ3n) is 7.89. The number of carbonyl (C=O) groups is 1. The van der Waals surface area contributed by atoms with Gasteiger partial charge in [-0.3, -0.25) is 0 Å². The number of aliphatic imine (C=N–C) groups is 1. The Morgan fingerprint density at radius 3 is 2.49 bits per heavy atom. The lowest BCUT2D eigenvalue weighted by Gasteiger charge is -2.37. The molecule has 1 aliphatic heterocycles. The van der Waals surface area contributed by atoms with Crippen molar-refractivity contribution >= 4 is 34.2 Å². The number of rotatable bonds is 8. The molecule has 246 valence electrons. The van der Waals surface area contributed by atoms with Crippen LogP contribution < -0.4 is 15.0 Å². The average molecular weight is 663 g/mol. The summed E-state index contributed by atoms with van der Waals surface area (Å²) in [7, 11) is 0. The summed E-state index contributed by atoms with van der Waals surface area (Å²) in [6, 6.07) is 19.3. The van der Waals surface area contributed by atoms with E-state index in [9.17, 15) is 18.0 Å². The first-order valence-corrected chi connectivity index (χ1v) is 16.4. The predicted molar refractivity (Wildman–Crippen MR) is 182 cm³/mol. The van der Waals surface area contributed by atoms with Crippen LogP contribution in [0.25, 0.3) is 22.6 Å². The van der Waals surface area contributed by atoms with Gasteiger partial charge in [0.1, 0.15) is 12.1 Å². The van der Waals surface area contributed by atoms with Gasteiger partial charge >= 0.3 is 12.4 Å². The van der Waals surface area contributed by atoms with Gasteiger partial charge in [0, 0.05) is 28.7 Å². The second-order valence-corrected chi connectivity index (χ2v) is 12.5. The maximum atomic E-state index is 13.2. The smallest absolute Gasteiger partial charge is 0.406 e. The SMILES string of the molecule is CCCc1ccc(C)cc1N1C(=NC(=O)N/C(C)=C(\C)c2ccc(-c3ncn(-c4ccc(OC(F)(F)F)cc4)n3)cc2)SCCC1C. The van der Waals surface area contributed by atoms with Crippen molar-refractivity contribution in [3.05, 3.63) is 95.4 Å². The summed E-state index contributed by atoms with van der Waals surface area (Å²) in [5, 5.41) is 8.13. The Balaban J connectivity index is 1.29. The van der Waals surface area contributed by atoms with Gasteiger partial charge in [0.2, 0.25) is 0 Å². The topological polar surface area (TPSA) is 84.6 Å². The fourth-order valence-corrected chi connectivity index (χ4v) is 6.49. The van der Waals surface area contributed by atoms with Crippen molar-refractivity contribution in [2.45, 2.75) is 66.3 Å². The van der Waals surface area contributed by atoms with Gasteiger partial charge in [-0.05, 0) is 93.1 Å². The van der Waals surface area contributed by atoms with Crippen molar-refractivity contribution in [1.82, 2.24) is 20.1 Å². The van der Waals surface area contributed by atoms with E-state index in [1.807, 2.05) is 38.1 Å². The van der Waals surface area contributed by atoms with Crippen molar-refractivity contribution in [2.75, 3.05) is 10.7 Å². The largest absolute Gasteiger partial charge is 0.573 e. The number of amidine groups is 1. The van der Waals surface area contributed by atoms with Crippen LogP contribution in [-0.2, 0) is 6.42 Å². The highest BCUT2D eigenvalue weighted by atomic mass is 32.2. The minimum atomic E-state index is -4.75. The number of benzene rings is 3. The molecule has 8 nitrogen and oxygen atoms in total. The first-order chi connectivity index (χ1) is 22.4. The normalized spacial score (nSPS) is 16.6. The van der Waals surface area contributed by atoms with Gasteiger partial charge in [0.15, 0.2) is 11.0 Å². The summed E-state index contributed by atoms with van der Waals surface area (Å²) in [4.78, 5) is 24.3. The van der Waals surface area contributed by atoms with E-state index in [0.717, 1.165) is 47.4 Å². The van der Waals surface area contributed by atoms with Crippen LogP contribution in [0.4, 0.5) is 23.7 Å². The molecule has 4 aromatic rings. The molecule has 5 rings (SSSR count). The third kappa shape index (κ3) is 8.42. The zero-order valence-corrected chi connectivity index (χ0v) is 27.7. The lowest BCUT2D eigenvalue weighted by atomic mass is 10.0.